The SMILES string of the molecule is N#Cc1ccc(/C=N\NC(=O)C2CC2)cc1. The average Bonchev–Trinajstić information content (AvgIpc) is 3.14. The summed E-state index contributed by atoms with van der Waals surface area (Å²) in [6, 6.07) is 9.03. The Morgan fingerprint density at radius 2 is 2.12 bits per heavy atom. The highest BCUT2D eigenvalue weighted by atomic mass is 16.2. The van der Waals surface area contributed by atoms with Gasteiger partial charge < -0.3 is 0 Å². The fourth-order valence-electron chi connectivity index (χ4n) is 1.25. The summed E-state index contributed by atoms with van der Waals surface area (Å²) in [7, 11) is 0. The second-order valence-corrected chi connectivity index (χ2v) is 3.74. The molecule has 0 bridgehead atoms. The molecule has 1 aromatic carbocycles. The molecule has 1 aromatic rings. The number of hydrogen-bond donors (Lipinski definition) is 1. The number of amides is 1. The maximum atomic E-state index is 11.2. The molecular formula is C12H11N3O. The maximum Gasteiger partial charge on any atom is 0.243 e. The van der Waals surface area contributed by atoms with Gasteiger partial charge in [0, 0.05) is 5.92 Å². The summed E-state index contributed by atoms with van der Waals surface area (Å²) in [4.78, 5) is 11.2. The monoisotopic (exact) mass is 213 g/mol. The third-order valence-electron chi connectivity index (χ3n) is 2.38. The lowest BCUT2D eigenvalue weighted by molar-refractivity contribution is -0.122. The van der Waals surface area contributed by atoms with E-state index in [0.29, 0.717) is 5.56 Å². The van der Waals surface area contributed by atoms with Crippen molar-refractivity contribution in [2.75, 3.05) is 0 Å². The number of hydrazone groups is 1. The molecule has 0 aliphatic heterocycles. The molecule has 80 valence electrons. The van der Waals surface area contributed by atoms with Gasteiger partial charge >= 0.3 is 0 Å². The summed E-state index contributed by atoms with van der Waals surface area (Å²) in [5.41, 5.74) is 3.95. The second-order valence-electron chi connectivity index (χ2n) is 3.74. The van der Waals surface area contributed by atoms with E-state index in [2.05, 4.69) is 10.5 Å². The number of rotatable bonds is 3. The summed E-state index contributed by atoms with van der Waals surface area (Å²) in [5.74, 6) is 0.156. The van der Waals surface area contributed by atoms with E-state index >= 15 is 0 Å². The van der Waals surface area contributed by atoms with Gasteiger partial charge in [-0.3, -0.25) is 4.79 Å². The molecule has 0 aromatic heterocycles. The average molecular weight is 213 g/mol. The third-order valence-corrected chi connectivity index (χ3v) is 2.38. The topological polar surface area (TPSA) is 65.2 Å². The first-order chi connectivity index (χ1) is 7.79. The van der Waals surface area contributed by atoms with Gasteiger partial charge in [0.05, 0.1) is 17.8 Å². The van der Waals surface area contributed by atoms with Crippen molar-refractivity contribution in [3.63, 3.8) is 0 Å². The van der Waals surface area contributed by atoms with Gasteiger partial charge in [0.1, 0.15) is 0 Å². The highest BCUT2D eigenvalue weighted by Gasteiger charge is 2.29. The van der Waals surface area contributed by atoms with E-state index < -0.39 is 0 Å². The van der Waals surface area contributed by atoms with Crippen LogP contribution in [0.2, 0.25) is 0 Å². The van der Waals surface area contributed by atoms with E-state index in [-0.39, 0.29) is 11.8 Å². The number of carbonyl (C=O) groups is 1. The Morgan fingerprint density at radius 3 is 2.69 bits per heavy atom. The molecule has 16 heavy (non-hydrogen) atoms. The van der Waals surface area contributed by atoms with Crippen LogP contribution in [0.15, 0.2) is 29.4 Å². The summed E-state index contributed by atoms with van der Waals surface area (Å²) in [5, 5.41) is 12.5. The first kappa shape index (κ1) is 10.4. The summed E-state index contributed by atoms with van der Waals surface area (Å²) >= 11 is 0. The van der Waals surface area contributed by atoms with E-state index in [9.17, 15) is 4.79 Å². The van der Waals surface area contributed by atoms with E-state index in [1.54, 1.807) is 30.5 Å². The van der Waals surface area contributed by atoms with E-state index in [0.717, 1.165) is 18.4 Å². The van der Waals surface area contributed by atoms with Crippen molar-refractivity contribution in [3.8, 4) is 6.07 Å². The molecule has 0 radical (unpaired) electrons. The van der Waals surface area contributed by atoms with Gasteiger partial charge in [-0.1, -0.05) is 12.1 Å². The van der Waals surface area contributed by atoms with Crippen LogP contribution in [0.1, 0.15) is 24.0 Å². The highest BCUT2D eigenvalue weighted by Crippen LogP contribution is 2.28. The highest BCUT2D eigenvalue weighted by molar-refractivity contribution is 5.84. The van der Waals surface area contributed by atoms with Crippen LogP contribution in [0, 0.1) is 17.2 Å². The first-order valence-corrected chi connectivity index (χ1v) is 5.12. The van der Waals surface area contributed by atoms with Crippen LogP contribution >= 0.6 is 0 Å². The van der Waals surface area contributed by atoms with Crippen LogP contribution in [0.4, 0.5) is 0 Å². The van der Waals surface area contributed by atoms with Crippen molar-refractivity contribution in [2.45, 2.75) is 12.8 Å². The van der Waals surface area contributed by atoms with Crippen molar-refractivity contribution in [1.29, 1.82) is 5.26 Å². The van der Waals surface area contributed by atoms with Crippen LogP contribution in [0.3, 0.4) is 0 Å². The van der Waals surface area contributed by atoms with Gasteiger partial charge in [-0.25, -0.2) is 5.43 Å². The van der Waals surface area contributed by atoms with Crippen LogP contribution in [-0.4, -0.2) is 12.1 Å². The van der Waals surface area contributed by atoms with Crippen molar-refractivity contribution >= 4 is 12.1 Å². The predicted octanol–water partition coefficient (Wildman–Crippen LogP) is 1.42. The van der Waals surface area contributed by atoms with Gasteiger partial charge in [0.2, 0.25) is 5.91 Å². The van der Waals surface area contributed by atoms with Gasteiger partial charge in [-0.05, 0) is 30.5 Å². The smallest absolute Gasteiger partial charge is 0.243 e. The minimum absolute atomic E-state index is 0.00936. The Labute approximate surface area is 93.6 Å². The molecule has 1 aliphatic carbocycles. The molecular weight excluding hydrogens is 202 g/mol. The summed E-state index contributed by atoms with van der Waals surface area (Å²) < 4.78 is 0. The maximum absolute atomic E-state index is 11.2. The lowest BCUT2D eigenvalue weighted by Gasteiger charge is -1.96. The summed E-state index contributed by atoms with van der Waals surface area (Å²) in [6.45, 7) is 0. The molecule has 1 amide bonds. The molecule has 1 N–H and O–H groups in total. The Morgan fingerprint density at radius 1 is 1.44 bits per heavy atom. The quantitative estimate of drug-likeness (QED) is 0.609. The molecule has 0 spiro atoms. The molecule has 0 saturated heterocycles. The minimum atomic E-state index is -0.00936. The largest absolute Gasteiger partial charge is 0.273 e. The number of nitrogens with zero attached hydrogens (tertiary/aromatic N) is 2. The van der Waals surface area contributed by atoms with Crippen molar-refractivity contribution < 1.29 is 4.79 Å². The standard InChI is InChI=1S/C12H11N3O/c13-7-9-1-3-10(4-2-9)8-14-15-12(16)11-5-6-11/h1-4,8,11H,5-6H2,(H,15,16)/b14-8-. The van der Waals surface area contributed by atoms with Crippen molar-refractivity contribution in [3.05, 3.63) is 35.4 Å². The zero-order chi connectivity index (χ0) is 11.4. The zero-order valence-corrected chi connectivity index (χ0v) is 8.68. The van der Waals surface area contributed by atoms with Crippen LogP contribution < -0.4 is 5.43 Å². The molecule has 1 saturated carbocycles. The van der Waals surface area contributed by atoms with Crippen molar-refractivity contribution in [2.24, 2.45) is 11.0 Å². The van der Waals surface area contributed by atoms with Gasteiger partial charge in [0.15, 0.2) is 0 Å². The fraction of sp³-hybridized carbons (Fsp3) is 0.250. The second kappa shape index (κ2) is 4.58. The van der Waals surface area contributed by atoms with E-state index in [1.807, 2.05) is 6.07 Å². The molecule has 0 unspecified atom stereocenters. The Hall–Kier alpha value is -2.15. The van der Waals surface area contributed by atoms with Crippen LogP contribution in [0.25, 0.3) is 0 Å². The molecule has 4 nitrogen and oxygen atoms in total. The van der Waals surface area contributed by atoms with Gasteiger partial charge in [0.25, 0.3) is 0 Å². The number of carbonyl (C=O) groups excluding carboxylic acids is 1. The molecule has 1 fully saturated rings. The Kier molecular flexibility index (Phi) is 2.97. The minimum Gasteiger partial charge on any atom is -0.273 e. The number of nitrogens with one attached hydrogen (secondary N) is 1. The Balaban J connectivity index is 1.90. The first-order valence-electron chi connectivity index (χ1n) is 5.12. The predicted molar refractivity (Wildman–Crippen MR) is 59.6 cm³/mol. The third kappa shape index (κ3) is 2.67. The van der Waals surface area contributed by atoms with Gasteiger partial charge in [-0.15, -0.1) is 0 Å². The molecule has 0 atom stereocenters. The Bertz CT molecular complexity index is 452. The molecule has 4 heteroatoms. The number of hydrogen-bond acceptors (Lipinski definition) is 3. The van der Waals surface area contributed by atoms with E-state index in [4.69, 9.17) is 5.26 Å². The van der Waals surface area contributed by atoms with E-state index in [1.165, 1.54) is 0 Å². The normalized spacial score (nSPS) is 14.7. The number of nitriles is 1. The lowest BCUT2D eigenvalue weighted by atomic mass is 10.2. The van der Waals surface area contributed by atoms with Gasteiger partial charge in [-0.2, -0.15) is 10.4 Å². The molecule has 1 aliphatic rings. The fourth-order valence-corrected chi connectivity index (χ4v) is 1.25. The molecule has 0 heterocycles. The summed E-state index contributed by atoms with van der Waals surface area (Å²) in [6.07, 6.45) is 3.51. The number of benzene rings is 1. The van der Waals surface area contributed by atoms with Crippen LogP contribution in [0.5, 0.6) is 0 Å². The van der Waals surface area contributed by atoms with Crippen LogP contribution in [-0.2, 0) is 4.79 Å². The van der Waals surface area contributed by atoms with Crippen molar-refractivity contribution in [1.82, 2.24) is 5.43 Å². The zero-order valence-electron chi connectivity index (χ0n) is 8.68. The molecule has 2 rings (SSSR count). The lowest BCUT2D eigenvalue weighted by Crippen LogP contribution is -2.18.